The lowest BCUT2D eigenvalue weighted by Crippen LogP contribution is -2.39. The number of hydrogen-bond acceptors (Lipinski definition) is 6. The number of urea groups is 1. The molecule has 0 bridgehead atoms. The summed E-state index contributed by atoms with van der Waals surface area (Å²) >= 11 is 0. The van der Waals surface area contributed by atoms with Gasteiger partial charge in [-0.1, -0.05) is 53.7 Å². The molecule has 194 valence electrons. The highest BCUT2D eigenvalue weighted by molar-refractivity contribution is 6.00. The van der Waals surface area contributed by atoms with Crippen molar-refractivity contribution in [1.29, 1.82) is 5.26 Å². The molecular formula is C29H30N6O3. The van der Waals surface area contributed by atoms with Crippen LogP contribution < -0.4 is 10.6 Å². The van der Waals surface area contributed by atoms with E-state index in [1.807, 2.05) is 48.5 Å². The molecule has 1 aliphatic rings. The Morgan fingerprint density at radius 1 is 1.05 bits per heavy atom. The van der Waals surface area contributed by atoms with Crippen molar-refractivity contribution < 1.29 is 9.59 Å². The summed E-state index contributed by atoms with van der Waals surface area (Å²) in [5.41, 5.74) is 3.30. The minimum absolute atomic E-state index is 0.0927. The largest absolute Gasteiger partial charge is 0.337 e. The van der Waals surface area contributed by atoms with Gasteiger partial charge in [-0.25, -0.2) is 4.79 Å². The average Bonchev–Trinajstić information content (AvgIpc) is 3.41. The number of nitriles is 1. The van der Waals surface area contributed by atoms with E-state index in [0.717, 1.165) is 18.5 Å². The van der Waals surface area contributed by atoms with Crippen LogP contribution in [-0.4, -0.2) is 54.5 Å². The number of nitrogens with one attached hydrogen (secondary N) is 2. The van der Waals surface area contributed by atoms with Gasteiger partial charge in [-0.3, -0.25) is 9.69 Å². The lowest BCUT2D eigenvalue weighted by molar-refractivity contribution is -0.131. The second kappa shape index (κ2) is 12.6. The summed E-state index contributed by atoms with van der Waals surface area (Å²) in [5, 5.41) is 17.7. The molecular weight excluding hydrogens is 480 g/mol. The molecule has 1 saturated heterocycles. The zero-order valence-electron chi connectivity index (χ0n) is 21.2. The van der Waals surface area contributed by atoms with E-state index in [-0.39, 0.29) is 24.4 Å². The van der Waals surface area contributed by atoms with Crippen LogP contribution in [0.5, 0.6) is 0 Å². The summed E-state index contributed by atoms with van der Waals surface area (Å²) in [6.07, 6.45) is 0.831. The van der Waals surface area contributed by atoms with E-state index in [0.29, 0.717) is 35.6 Å². The third-order valence-corrected chi connectivity index (χ3v) is 6.75. The second-order valence-corrected chi connectivity index (χ2v) is 9.34. The summed E-state index contributed by atoms with van der Waals surface area (Å²) < 4.78 is 0. The predicted molar refractivity (Wildman–Crippen MR) is 147 cm³/mol. The fraction of sp³-hybridized carbons (Fsp3) is 0.276. The van der Waals surface area contributed by atoms with Gasteiger partial charge < -0.3 is 15.5 Å². The normalized spacial score (nSPS) is 15.7. The molecule has 3 aromatic rings. The fourth-order valence-electron chi connectivity index (χ4n) is 4.61. The van der Waals surface area contributed by atoms with Gasteiger partial charge in [0.1, 0.15) is 6.04 Å². The first-order valence-corrected chi connectivity index (χ1v) is 12.5. The van der Waals surface area contributed by atoms with Crippen LogP contribution >= 0.6 is 0 Å². The van der Waals surface area contributed by atoms with E-state index in [4.69, 9.17) is 5.26 Å². The number of carbonyl (C=O) groups is 2. The molecule has 1 heterocycles. The highest BCUT2D eigenvalue weighted by Gasteiger charge is 2.29. The molecule has 0 radical (unpaired) electrons. The Morgan fingerprint density at radius 3 is 2.45 bits per heavy atom. The Hall–Kier alpha value is -4.55. The second-order valence-electron chi connectivity index (χ2n) is 9.34. The maximum Gasteiger partial charge on any atom is 0.323 e. The molecule has 3 aromatic carbocycles. The van der Waals surface area contributed by atoms with Crippen molar-refractivity contribution in [3.63, 3.8) is 0 Å². The molecule has 2 N–H and O–H groups in total. The minimum Gasteiger partial charge on any atom is -0.337 e. The molecule has 9 heteroatoms. The van der Waals surface area contributed by atoms with Crippen molar-refractivity contribution in [2.45, 2.75) is 24.9 Å². The first-order valence-electron chi connectivity index (χ1n) is 12.5. The molecule has 9 nitrogen and oxygen atoms in total. The van der Waals surface area contributed by atoms with Crippen LogP contribution in [0.3, 0.4) is 0 Å². The van der Waals surface area contributed by atoms with Crippen molar-refractivity contribution in [3.8, 4) is 6.07 Å². The number of amides is 3. The topological polar surface area (TPSA) is 118 Å². The number of nitrogens with zero attached hydrogens (tertiary/aromatic N) is 4. The minimum atomic E-state index is -0.447. The lowest BCUT2D eigenvalue weighted by Gasteiger charge is -2.32. The van der Waals surface area contributed by atoms with Crippen LogP contribution in [0.25, 0.3) is 0 Å². The Balaban J connectivity index is 1.45. The first-order chi connectivity index (χ1) is 18.5. The highest BCUT2D eigenvalue weighted by atomic mass is 16.3. The smallest absolute Gasteiger partial charge is 0.323 e. The van der Waals surface area contributed by atoms with Gasteiger partial charge in [0.25, 0.3) is 0 Å². The number of likely N-dealkylation sites (N-methyl/N-ethyl adjacent to an activating group) is 1. The first kappa shape index (κ1) is 26.5. The van der Waals surface area contributed by atoms with E-state index < -0.39 is 6.03 Å². The molecule has 0 spiro atoms. The zero-order valence-corrected chi connectivity index (χ0v) is 21.2. The van der Waals surface area contributed by atoms with Crippen molar-refractivity contribution in [3.05, 3.63) is 100 Å². The van der Waals surface area contributed by atoms with Gasteiger partial charge in [0, 0.05) is 38.1 Å². The monoisotopic (exact) mass is 510 g/mol. The molecule has 2 atom stereocenters. The number of hydrogen-bond donors (Lipinski definition) is 2. The standard InChI is InChI=1S/C29H30N6O3/c1-34(27(22-7-3-2-4-8-22)20-35-16-15-25(19-35)33-38)28(36)17-23-9-5-6-10-26(23)32-29(37)31-24-13-11-21(18-30)12-14-24/h2-14,25,27H,15-17,19-20H2,1H3,(H2,31,32,37)/t25?,27-/m1/s1. The van der Waals surface area contributed by atoms with Crippen molar-refractivity contribution in [2.75, 3.05) is 37.3 Å². The molecule has 0 saturated carbocycles. The van der Waals surface area contributed by atoms with Gasteiger partial charge in [0.05, 0.1) is 24.1 Å². The molecule has 1 unspecified atom stereocenters. The van der Waals surface area contributed by atoms with E-state index in [9.17, 15) is 14.5 Å². The van der Waals surface area contributed by atoms with Crippen molar-refractivity contribution in [1.82, 2.24) is 9.80 Å². The van der Waals surface area contributed by atoms with E-state index in [1.54, 1.807) is 48.3 Å². The molecule has 4 rings (SSSR count). The number of rotatable bonds is 9. The summed E-state index contributed by atoms with van der Waals surface area (Å²) in [7, 11) is 1.79. The van der Waals surface area contributed by atoms with Gasteiger partial charge in [-0.2, -0.15) is 10.2 Å². The van der Waals surface area contributed by atoms with E-state index in [1.165, 1.54) is 0 Å². The summed E-state index contributed by atoms with van der Waals surface area (Å²) in [4.78, 5) is 41.0. The lowest BCUT2D eigenvalue weighted by atomic mass is 10.0. The van der Waals surface area contributed by atoms with Gasteiger partial charge in [-0.15, -0.1) is 0 Å². The maximum atomic E-state index is 13.5. The molecule has 0 aliphatic carbocycles. The zero-order chi connectivity index (χ0) is 26.9. The van der Waals surface area contributed by atoms with E-state index in [2.05, 4.69) is 20.7 Å². The fourth-order valence-corrected chi connectivity index (χ4v) is 4.61. The number of carbonyl (C=O) groups excluding carboxylic acids is 2. The van der Waals surface area contributed by atoms with Crippen LogP contribution in [0, 0.1) is 16.2 Å². The predicted octanol–water partition coefficient (Wildman–Crippen LogP) is 4.79. The van der Waals surface area contributed by atoms with Crippen LogP contribution in [0.4, 0.5) is 16.2 Å². The average molecular weight is 511 g/mol. The molecule has 1 aliphatic heterocycles. The van der Waals surface area contributed by atoms with Gasteiger partial charge in [0.2, 0.25) is 5.91 Å². The third kappa shape index (κ3) is 6.81. The Morgan fingerprint density at radius 2 is 1.76 bits per heavy atom. The summed E-state index contributed by atoms with van der Waals surface area (Å²) in [6, 6.07) is 24.8. The molecule has 0 aromatic heterocycles. The summed E-state index contributed by atoms with van der Waals surface area (Å²) in [6.45, 7) is 1.96. The summed E-state index contributed by atoms with van der Waals surface area (Å²) in [5.74, 6) is -0.0927. The number of likely N-dealkylation sites (tertiary alicyclic amines) is 1. The highest BCUT2D eigenvalue weighted by Crippen LogP contribution is 2.25. The Labute approximate surface area is 222 Å². The SMILES string of the molecule is CN(C(=O)Cc1ccccc1NC(=O)Nc1ccc(C#N)cc1)[C@H](CN1CCC(N=O)C1)c1ccccc1. The number of nitroso groups, excluding NO2 is 1. The van der Waals surface area contributed by atoms with Crippen molar-refractivity contribution >= 4 is 23.3 Å². The number of benzene rings is 3. The van der Waals surface area contributed by atoms with Crippen LogP contribution in [0.15, 0.2) is 84.0 Å². The molecule has 38 heavy (non-hydrogen) atoms. The maximum absolute atomic E-state index is 13.5. The Bertz CT molecular complexity index is 1310. The van der Waals surface area contributed by atoms with Gasteiger partial charge in [0.15, 0.2) is 0 Å². The van der Waals surface area contributed by atoms with Crippen molar-refractivity contribution in [2.24, 2.45) is 5.18 Å². The number of anilines is 2. The Kier molecular flexibility index (Phi) is 8.80. The van der Waals surface area contributed by atoms with E-state index >= 15 is 0 Å². The van der Waals surface area contributed by atoms with Crippen LogP contribution in [0.2, 0.25) is 0 Å². The van der Waals surface area contributed by atoms with Crippen LogP contribution in [0.1, 0.15) is 29.2 Å². The third-order valence-electron chi connectivity index (χ3n) is 6.75. The quantitative estimate of drug-likeness (QED) is 0.402. The number of para-hydroxylation sites is 1. The van der Waals surface area contributed by atoms with Gasteiger partial charge >= 0.3 is 6.03 Å². The molecule has 1 fully saturated rings. The molecule has 3 amide bonds. The van der Waals surface area contributed by atoms with Gasteiger partial charge in [-0.05, 0) is 47.9 Å². The van der Waals surface area contributed by atoms with Crippen LogP contribution in [-0.2, 0) is 11.2 Å².